The monoisotopic (exact) mass is 457 g/mol. The highest BCUT2D eigenvalue weighted by Crippen LogP contribution is 2.29. The van der Waals surface area contributed by atoms with Gasteiger partial charge in [0.25, 0.3) is 17.4 Å². The van der Waals surface area contributed by atoms with E-state index >= 15 is 0 Å². The van der Waals surface area contributed by atoms with Crippen LogP contribution in [-0.4, -0.2) is 26.6 Å². The maximum absolute atomic E-state index is 12.8. The number of hydrazine groups is 1. The number of aromatic nitrogens is 3. The number of halogens is 2. The van der Waals surface area contributed by atoms with Crippen LogP contribution < -0.4 is 16.4 Å². The largest absolute Gasteiger partial charge is 0.349 e. The molecule has 2 heterocycles. The first kappa shape index (κ1) is 20.9. The molecule has 2 amide bonds. The Bertz CT molecular complexity index is 1410. The number of rotatable bonds is 3. The van der Waals surface area contributed by atoms with Gasteiger partial charge in [-0.25, -0.2) is 4.68 Å². The third-order valence-corrected chi connectivity index (χ3v) is 5.37. The number of benzene rings is 2. The molecule has 31 heavy (non-hydrogen) atoms. The highest BCUT2D eigenvalue weighted by atomic mass is 35.5. The summed E-state index contributed by atoms with van der Waals surface area (Å²) in [4.78, 5) is 40.9. The molecule has 0 saturated carbocycles. The van der Waals surface area contributed by atoms with E-state index in [1.807, 2.05) is 0 Å². The Morgan fingerprint density at radius 2 is 1.68 bits per heavy atom. The van der Waals surface area contributed by atoms with Crippen LogP contribution >= 0.6 is 23.2 Å². The molecule has 10 heteroatoms. The summed E-state index contributed by atoms with van der Waals surface area (Å²) in [5.41, 5.74) is 5.08. The molecule has 0 spiro atoms. The van der Waals surface area contributed by atoms with E-state index in [-0.39, 0.29) is 28.0 Å². The van der Waals surface area contributed by atoms with Gasteiger partial charge in [-0.2, -0.15) is 5.10 Å². The quantitative estimate of drug-likeness (QED) is 0.406. The van der Waals surface area contributed by atoms with E-state index in [1.54, 1.807) is 56.3 Å². The van der Waals surface area contributed by atoms with Crippen LogP contribution in [0, 0.1) is 0 Å². The van der Waals surface area contributed by atoms with E-state index < -0.39 is 11.8 Å². The molecule has 2 aromatic heterocycles. The number of fused-ring (bicyclic) bond motifs is 2. The summed E-state index contributed by atoms with van der Waals surface area (Å²) in [5, 5.41) is 6.19. The Kier molecular flexibility index (Phi) is 5.43. The van der Waals surface area contributed by atoms with Crippen LogP contribution in [0.15, 0.2) is 47.3 Å². The van der Waals surface area contributed by atoms with Crippen molar-refractivity contribution in [1.29, 1.82) is 0 Å². The molecular weight excluding hydrogens is 441 g/mol. The summed E-state index contributed by atoms with van der Waals surface area (Å²) in [5.74, 6) is -1.32. The highest BCUT2D eigenvalue weighted by Gasteiger charge is 2.20. The van der Waals surface area contributed by atoms with Crippen LogP contribution in [0.4, 0.5) is 0 Å². The van der Waals surface area contributed by atoms with E-state index in [2.05, 4.69) is 20.9 Å². The van der Waals surface area contributed by atoms with Crippen molar-refractivity contribution >= 4 is 56.7 Å². The van der Waals surface area contributed by atoms with Gasteiger partial charge in [0, 0.05) is 21.3 Å². The minimum Gasteiger partial charge on any atom is -0.349 e. The Balaban J connectivity index is 1.63. The van der Waals surface area contributed by atoms with Gasteiger partial charge < -0.3 is 4.98 Å². The summed E-state index contributed by atoms with van der Waals surface area (Å²) in [6.07, 6.45) is 0. The maximum Gasteiger partial charge on any atom is 0.290 e. The highest BCUT2D eigenvalue weighted by molar-refractivity contribution is 6.39. The zero-order valence-electron chi connectivity index (χ0n) is 16.5. The molecule has 3 N–H and O–H groups in total. The molecule has 0 atom stereocenters. The van der Waals surface area contributed by atoms with Crippen molar-refractivity contribution < 1.29 is 9.59 Å². The van der Waals surface area contributed by atoms with Gasteiger partial charge in [-0.05, 0) is 38.1 Å². The minimum atomic E-state index is -0.672. The van der Waals surface area contributed by atoms with Gasteiger partial charge in [0.05, 0.1) is 16.5 Å². The molecule has 158 valence electrons. The first-order valence-corrected chi connectivity index (χ1v) is 10.1. The van der Waals surface area contributed by atoms with Gasteiger partial charge in [-0.1, -0.05) is 41.4 Å². The van der Waals surface area contributed by atoms with Gasteiger partial charge >= 0.3 is 0 Å². The molecule has 4 aromatic rings. The fourth-order valence-corrected chi connectivity index (χ4v) is 3.71. The normalized spacial score (nSPS) is 11.3. The van der Waals surface area contributed by atoms with Crippen LogP contribution in [0.3, 0.4) is 0 Å². The zero-order chi connectivity index (χ0) is 22.3. The Morgan fingerprint density at radius 1 is 1.00 bits per heavy atom. The maximum atomic E-state index is 12.8. The van der Waals surface area contributed by atoms with E-state index in [0.717, 1.165) is 0 Å². The van der Waals surface area contributed by atoms with Gasteiger partial charge in [0.15, 0.2) is 5.69 Å². The number of amides is 2. The Labute approximate surface area is 186 Å². The molecule has 0 aliphatic carbocycles. The lowest BCUT2D eigenvalue weighted by atomic mass is 10.1. The standard InChI is InChI=1S/C21H17Cl2N5O3/c1-10(2)28-21(31)13-6-4-3-5-12(13)17(27-28)19(29)25-26-20(30)18-16(23)14-9-11(22)7-8-15(14)24-18/h3-10,24H,1-2H3,(H,25,29)(H,26,30). The lowest BCUT2D eigenvalue weighted by Gasteiger charge is -2.13. The smallest absolute Gasteiger partial charge is 0.290 e. The fourth-order valence-electron chi connectivity index (χ4n) is 3.25. The topological polar surface area (TPSA) is 109 Å². The lowest BCUT2D eigenvalue weighted by Crippen LogP contribution is -2.43. The van der Waals surface area contributed by atoms with Gasteiger partial charge in [0.2, 0.25) is 0 Å². The number of carbonyl (C=O) groups is 2. The molecule has 4 rings (SSSR count). The summed E-state index contributed by atoms with van der Waals surface area (Å²) in [7, 11) is 0. The summed E-state index contributed by atoms with van der Waals surface area (Å²) in [6.45, 7) is 3.58. The van der Waals surface area contributed by atoms with Crippen molar-refractivity contribution in [2.75, 3.05) is 0 Å². The van der Waals surface area contributed by atoms with Crippen LogP contribution in [0.2, 0.25) is 10.0 Å². The molecule has 0 bridgehead atoms. The Morgan fingerprint density at radius 3 is 2.39 bits per heavy atom. The Hall–Kier alpha value is -3.36. The lowest BCUT2D eigenvalue weighted by molar-refractivity contribution is 0.0841. The van der Waals surface area contributed by atoms with E-state index in [0.29, 0.717) is 26.7 Å². The summed E-state index contributed by atoms with van der Waals surface area (Å²) < 4.78 is 1.23. The fraction of sp³-hybridized carbons (Fsp3) is 0.143. The molecule has 0 saturated heterocycles. The molecule has 0 fully saturated rings. The second-order valence-electron chi connectivity index (χ2n) is 7.15. The van der Waals surface area contributed by atoms with Gasteiger partial charge in [0.1, 0.15) is 5.69 Å². The van der Waals surface area contributed by atoms with Crippen molar-refractivity contribution in [3.8, 4) is 0 Å². The summed E-state index contributed by atoms with van der Waals surface area (Å²) >= 11 is 12.3. The molecule has 0 aliphatic rings. The summed E-state index contributed by atoms with van der Waals surface area (Å²) in [6, 6.07) is 11.4. The van der Waals surface area contributed by atoms with E-state index in [9.17, 15) is 14.4 Å². The molecule has 0 unspecified atom stereocenters. The van der Waals surface area contributed by atoms with Gasteiger partial charge in [-0.15, -0.1) is 0 Å². The van der Waals surface area contributed by atoms with Crippen LogP contribution in [0.5, 0.6) is 0 Å². The van der Waals surface area contributed by atoms with Crippen molar-refractivity contribution in [3.05, 3.63) is 74.3 Å². The number of carbonyl (C=O) groups excluding carboxylic acids is 2. The first-order valence-electron chi connectivity index (χ1n) is 9.37. The van der Waals surface area contributed by atoms with Crippen LogP contribution in [-0.2, 0) is 0 Å². The average Bonchev–Trinajstić information content (AvgIpc) is 3.08. The number of H-pyrrole nitrogens is 1. The number of nitrogens with one attached hydrogen (secondary N) is 3. The number of nitrogens with zero attached hydrogens (tertiary/aromatic N) is 2. The molecule has 8 nitrogen and oxygen atoms in total. The number of hydrogen-bond acceptors (Lipinski definition) is 4. The van der Waals surface area contributed by atoms with Crippen LogP contribution in [0.1, 0.15) is 40.9 Å². The van der Waals surface area contributed by atoms with E-state index in [4.69, 9.17) is 23.2 Å². The SMILES string of the molecule is CC(C)n1nc(C(=O)NNC(=O)c2[nH]c3ccc(Cl)cc3c2Cl)c2ccccc2c1=O. The molecule has 0 radical (unpaired) electrons. The van der Waals surface area contributed by atoms with Crippen LogP contribution in [0.25, 0.3) is 21.7 Å². The predicted octanol–water partition coefficient (Wildman–Crippen LogP) is 3.84. The molecule has 0 aliphatic heterocycles. The van der Waals surface area contributed by atoms with Crippen molar-refractivity contribution in [1.82, 2.24) is 25.6 Å². The first-order chi connectivity index (χ1) is 14.8. The third kappa shape index (κ3) is 3.75. The zero-order valence-corrected chi connectivity index (χ0v) is 18.0. The van der Waals surface area contributed by atoms with Crippen molar-refractivity contribution in [2.24, 2.45) is 0 Å². The van der Waals surface area contributed by atoms with E-state index in [1.165, 1.54) is 4.68 Å². The minimum absolute atomic E-state index is 0.0127. The molecule has 2 aromatic carbocycles. The second kappa shape index (κ2) is 8.05. The predicted molar refractivity (Wildman–Crippen MR) is 120 cm³/mol. The number of aromatic amines is 1. The second-order valence-corrected chi connectivity index (χ2v) is 7.96. The van der Waals surface area contributed by atoms with Gasteiger partial charge in [-0.3, -0.25) is 25.2 Å². The van der Waals surface area contributed by atoms with Crippen molar-refractivity contribution in [2.45, 2.75) is 19.9 Å². The average molecular weight is 458 g/mol. The van der Waals surface area contributed by atoms with Crippen molar-refractivity contribution in [3.63, 3.8) is 0 Å². The molecular formula is C21H17Cl2N5O3. The number of hydrogen-bond donors (Lipinski definition) is 3. The third-order valence-electron chi connectivity index (χ3n) is 4.75.